The number of ether oxygens (including phenoxy) is 1. The molecule has 28 heavy (non-hydrogen) atoms. The van der Waals surface area contributed by atoms with Gasteiger partial charge in [-0.05, 0) is 23.1 Å². The van der Waals surface area contributed by atoms with Crippen LogP contribution in [0.4, 0.5) is 5.69 Å². The first-order valence-electron chi connectivity index (χ1n) is 9.05. The predicted octanol–water partition coefficient (Wildman–Crippen LogP) is 5.23. The molecule has 2 aliphatic rings. The van der Waals surface area contributed by atoms with E-state index in [9.17, 15) is 9.59 Å². The highest BCUT2D eigenvalue weighted by Gasteiger charge is 2.50. The highest BCUT2D eigenvalue weighted by molar-refractivity contribution is 6.05. The number of Topliss-reactive ketones (excluding diaryl/α,β-unsaturated/α-hetero) is 2. The minimum absolute atomic E-state index is 0.00153. The summed E-state index contributed by atoms with van der Waals surface area (Å²) >= 11 is 0. The summed E-state index contributed by atoms with van der Waals surface area (Å²) in [4.78, 5) is 28.8. The molecule has 2 aromatic rings. The molecule has 2 heterocycles. The van der Waals surface area contributed by atoms with Gasteiger partial charge in [-0.25, -0.2) is 0 Å². The largest absolute Gasteiger partial charge is 0.485 e. The first-order valence-corrected chi connectivity index (χ1v) is 9.05. The zero-order valence-electron chi connectivity index (χ0n) is 15.6. The molecule has 0 saturated carbocycles. The molecule has 2 unspecified atom stereocenters. The van der Waals surface area contributed by atoms with Crippen molar-refractivity contribution >= 4 is 17.3 Å². The highest BCUT2D eigenvalue weighted by atomic mass is 16.5. The summed E-state index contributed by atoms with van der Waals surface area (Å²) in [5.74, 6) is 0.335. The normalized spacial score (nSPS) is 23.0. The van der Waals surface area contributed by atoms with Gasteiger partial charge in [0.1, 0.15) is 11.5 Å². The number of carbonyl (C=O) groups is 2. The molecule has 0 radical (unpaired) electrons. The number of hydrogen-bond donors (Lipinski definition) is 0. The average molecular weight is 377 g/mol. The van der Waals surface area contributed by atoms with Crippen LogP contribution in [0.1, 0.15) is 48.7 Å². The number of carbonyl (C=O) groups excluding carboxylic acids is 2. The predicted molar refractivity (Wildman–Crippen MR) is 101 cm³/mol. The summed E-state index contributed by atoms with van der Waals surface area (Å²) in [5.41, 5.74) is 9.71. The summed E-state index contributed by atoms with van der Waals surface area (Å²) in [6.07, 6.45) is 1.68. The lowest BCUT2D eigenvalue weighted by Crippen LogP contribution is -2.29. The molecule has 7 heteroatoms. The smallest absolute Gasteiger partial charge is 0.204 e. The number of benzene rings is 1. The summed E-state index contributed by atoms with van der Waals surface area (Å²) in [6, 6.07) is 9.84. The van der Waals surface area contributed by atoms with Crippen LogP contribution in [0.2, 0.25) is 0 Å². The maximum atomic E-state index is 13.2. The Hall–Kier alpha value is -3.31. The maximum absolute atomic E-state index is 13.2. The third kappa shape index (κ3) is 3.10. The molecule has 0 bridgehead atoms. The average Bonchev–Trinajstić information content (AvgIpc) is 3.28. The van der Waals surface area contributed by atoms with Crippen LogP contribution in [-0.4, -0.2) is 17.7 Å². The van der Waals surface area contributed by atoms with Gasteiger partial charge in [0.15, 0.2) is 11.9 Å². The van der Waals surface area contributed by atoms with Gasteiger partial charge in [0.05, 0.1) is 12.2 Å². The van der Waals surface area contributed by atoms with Crippen LogP contribution >= 0.6 is 0 Å². The molecule has 1 aliphatic heterocycles. The van der Waals surface area contributed by atoms with Crippen LogP contribution in [0.5, 0.6) is 0 Å². The maximum Gasteiger partial charge on any atom is 0.204 e. The van der Waals surface area contributed by atoms with Gasteiger partial charge in [-0.15, -0.1) is 0 Å². The van der Waals surface area contributed by atoms with Crippen LogP contribution in [-0.2, 0) is 9.53 Å². The first kappa shape index (κ1) is 18.1. The molecule has 1 aliphatic carbocycles. The van der Waals surface area contributed by atoms with Crippen molar-refractivity contribution < 1.29 is 18.7 Å². The fourth-order valence-electron chi connectivity index (χ4n) is 3.98. The van der Waals surface area contributed by atoms with Gasteiger partial charge >= 0.3 is 0 Å². The van der Waals surface area contributed by atoms with E-state index < -0.39 is 12.0 Å². The summed E-state index contributed by atoms with van der Waals surface area (Å²) in [5, 5.41) is 3.52. The van der Waals surface area contributed by atoms with Gasteiger partial charge in [0.25, 0.3) is 0 Å². The Kier molecular flexibility index (Phi) is 4.32. The van der Waals surface area contributed by atoms with Crippen molar-refractivity contribution in [2.45, 2.75) is 38.7 Å². The van der Waals surface area contributed by atoms with Crippen LogP contribution in [0, 0.1) is 5.41 Å². The van der Waals surface area contributed by atoms with Crippen LogP contribution in [0.3, 0.4) is 0 Å². The molecule has 1 aromatic carbocycles. The van der Waals surface area contributed by atoms with E-state index >= 15 is 0 Å². The number of ketones is 2. The molecule has 142 valence electrons. The zero-order valence-corrected chi connectivity index (χ0v) is 15.6. The van der Waals surface area contributed by atoms with Crippen molar-refractivity contribution in [2.24, 2.45) is 10.5 Å². The molecule has 0 saturated heterocycles. The SMILES string of the molecule is CC1(C)CC(=O)C2=C(C1)OC(C(=O)c1ccc(N=[N+]=[N-])cc1)C2c1ccco1. The molecule has 2 atom stereocenters. The Labute approximate surface area is 161 Å². The molecular formula is C21H19N3O4. The second-order valence-electron chi connectivity index (χ2n) is 7.91. The fourth-order valence-corrected chi connectivity index (χ4v) is 3.98. The molecule has 7 nitrogen and oxygen atoms in total. The molecule has 0 N–H and O–H groups in total. The van der Waals surface area contributed by atoms with Crippen molar-refractivity contribution in [3.8, 4) is 0 Å². The van der Waals surface area contributed by atoms with E-state index in [2.05, 4.69) is 10.0 Å². The summed E-state index contributed by atoms with van der Waals surface area (Å²) < 4.78 is 11.6. The van der Waals surface area contributed by atoms with Gasteiger partial charge in [-0.3, -0.25) is 9.59 Å². The zero-order chi connectivity index (χ0) is 19.9. The van der Waals surface area contributed by atoms with Crippen molar-refractivity contribution in [3.05, 3.63) is 75.8 Å². The lowest BCUT2D eigenvalue weighted by atomic mass is 9.73. The minimum atomic E-state index is -0.862. The first-order chi connectivity index (χ1) is 13.4. The lowest BCUT2D eigenvalue weighted by molar-refractivity contribution is -0.118. The molecule has 4 rings (SSSR count). The van der Waals surface area contributed by atoms with Crippen LogP contribution in [0.25, 0.3) is 10.4 Å². The second-order valence-corrected chi connectivity index (χ2v) is 7.91. The molecular weight excluding hydrogens is 358 g/mol. The standard InChI is InChI=1S/C21H19N3O4/c1-21(2)10-14(25)17-16(11-21)28-20(18(17)15-4-3-9-27-15)19(26)12-5-7-13(8-6-12)23-24-22/h3-9,18,20H,10-11H2,1-2H3. The minimum Gasteiger partial charge on any atom is -0.485 e. The molecule has 1 aromatic heterocycles. The highest BCUT2D eigenvalue weighted by Crippen LogP contribution is 2.49. The summed E-state index contributed by atoms with van der Waals surface area (Å²) in [7, 11) is 0. The van der Waals surface area contributed by atoms with E-state index in [1.807, 2.05) is 13.8 Å². The second kappa shape index (κ2) is 6.69. The van der Waals surface area contributed by atoms with Gasteiger partial charge in [0, 0.05) is 34.6 Å². The summed E-state index contributed by atoms with van der Waals surface area (Å²) in [6.45, 7) is 4.03. The van der Waals surface area contributed by atoms with Crippen molar-refractivity contribution in [1.29, 1.82) is 0 Å². The van der Waals surface area contributed by atoms with Crippen molar-refractivity contribution in [2.75, 3.05) is 0 Å². The lowest BCUT2D eigenvalue weighted by Gasteiger charge is -2.29. The van der Waals surface area contributed by atoms with Crippen molar-refractivity contribution in [1.82, 2.24) is 0 Å². The van der Waals surface area contributed by atoms with E-state index in [4.69, 9.17) is 14.7 Å². The van der Waals surface area contributed by atoms with Crippen LogP contribution in [0.15, 0.2) is 63.5 Å². The Morgan fingerprint density at radius 3 is 2.61 bits per heavy atom. The molecule has 0 spiro atoms. The van der Waals surface area contributed by atoms with Gasteiger partial charge in [0.2, 0.25) is 5.78 Å². The van der Waals surface area contributed by atoms with E-state index in [1.165, 1.54) is 6.26 Å². The van der Waals surface area contributed by atoms with Crippen molar-refractivity contribution in [3.63, 3.8) is 0 Å². The topological polar surface area (TPSA) is 105 Å². The van der Waals surface area contributed by atoms with Gasteiger partial charge in [-0.1, -0.05) is 43.2 Å². The number of azide groups is 1. The van der Waals surface area contributed by atoms with Gasteiger partial charge < -0.3 is 9.15 Å². The Balaban J connectivity index is 1.72. The Morgan fingerprint density at radius 1 is 1.21 bits per heavy atom. The van der Waals surface area contributed by atoms with E-state index in [0.717, 1.165) is 0 Å². The van der Waals surface area contributed by atoms with E-state index in [0.29, 0.717) is 41.2 Å². The monoisotopic (exact) mass is 377 g/mol. The van der Waals surface area contributed by atoms with E-state index in [-0.39, 0.29) is 17.0 Å². The van der Waals surface area contributed by atoms with Gasteiger partial charge in [-0.2, -0.15) is 0 Å². The Morgan fingerprint density at radius 2 is 1.96 bits per heavy atom. The Bertz CT molecular complexity index is 1010. The number of hydrogen-bond acceptors (Lipinski definition) is 5. The van der Waals surface area contributed by atoms with Crippen LogP contribution < -0.4 is 0 Å². The number of furan rings is 1. The molecule has 0 fully saturated rings. The molecule has 0 amide bonds. The quantitative estimate of drug-likeness (QED) is 0.315. The number of allylic oxidation sites excluding steroid dienone is 1. The fraction of sp³-hybridized carbons (Fsp3) is 0.333. The third-order valence-corrected chi connectivity index (χ3v) is 5.18. The van der Waals surface area contributed by atoms with E-state index in [1.54, 1.807) is 36.4 Å². The number of rotatable bonds is 4. The third-order valence-electron chi connectivity index (χ3n) is 5.18. The number of nitrogens with zero attached hydrogens (tertiary/aromatic N) is 3.